The van der Waals surface area contributed by atoms with Crippen LogP contribution in [0, 0.1) is 0 Å². The first-order valence-corrected chi connectivity index (χ1v) is 9.77. The summed E-state index contributed by atoms with van der Waals surface area (Å²) in [6.45, 7) is 0. The molecule has 0 amide bonds. The maximum absolute atomic E-state index is 10.4. The second-order valence-corrected chi connectivity index (χ2v) is 7.59. The minimum absolute atomic E-state index is 0.0249. The van der Waals surface area contributed by atoms with Crippen LogP contribution in [0.15, 0.2) is 54.1 Å². The van der Waals surface area contributed by atoms with E-state index in [1.165, 1.54) is 5.56 Å². The van der Waals surface area contributed by atoms with Crippen LogP contribution >= 0.6 is 0 Å². The number of benzene rings is 1. The van der Waals surface area contributed by atoms with Crippen LogP contribution in [0.25, 0.3) is 22.4 Å². The molecule has 1 saturated carbocycles. The molecule has 2 atom stereocenters. The first-order chi connectivity index (χ1) is 13.7. The fraction of sp³-hybridized carbons (Fsp3) is 0.318. The van der Waals surface area contributed by atoms with Gasteiger partial charge in [-0.05, 0) is 55.4 Å². The highest BCUT2D eigenvalue weighted by atomic mass is 16.4. The number of aliphatic hydroxyl groups excluding tert-OH is 1. The average molecular weight is 374 g/mol. The number of aliphatic hydroxyl groups is 1. The van der Waals surface area contributed by atoms with Gasteiger partial charge < -0.3 is 10.3 Å². The summed E-state index contributed by atoms with van der Waals surface area (Å²) in [5.41, 5.74) is 7.01. The standard InChI is InChI=1S/C22H22N4O2/c27-21-3-1-2-20(21)26-13-18(22(24-26)14-8-10-23-11-9-14)16-4-6-17-15(12-16)5-7-19(17)25-28/h4,6,8-13,20-21,27-28H,1-3,5,7H2/b25-19-/t20-,21-/m1/s1. The molecule has 2 heterocycles. The second-order valence-electron chi connectivity index (χ2n) is 7.59. The smallest absolute Gasteiger partial charge is 0.100 e. The number of fused-ring (bicyclic) bond motifs is 1. The van der Waals surface area contributed by atoms with E-state index < -0.39 is 0 Å². The first-order valence-electron chi connectivity index (χ1n) is 9.77. The van der Waals surface area contributed by atoms with Gasteiger partial charge in [0, 0.05) is 35.3 Å². The Kier molecular flexibility index (Phi) is 4.20. The predicted octanol–water partition coefficient (Wildman–Crippen LogP) is 3.82. The van der Waals surface area contributed by atoms with Crippen LogP contribution in [0.2, 0.25) is 0 Å². The van der Waals surface area contributed by atoms with Crippen molar-refractivity contribution in [3.8, 4) is 22.4 Å². The molecule has 0 spiro atoms. The Morgan fingerprint density at radius 2 is 1.86 bits per heavy atom. The largest absolute Gasteiger partial charge is 0.411 e. The van der Waals surface area contributed by atoms with Crippen LogP contribution in [-0.2, 0) is 6.42 Å². The third-order valence-electron chi connectivity index (χ3n) is 5.95. The van der Waals surface area contributed by atoms with E-state index in [0.29, 0.717) is 0 Å². The average Bonchev–Trinajstić information content (AvgIpc) is 3.45. The minimum atomic E-state index is -0.346. The molecule has 2 aromatic heterocycles. The summed E-state index contributed by atoms with van der Waals surface area (Å²) < 4.78 is 1.94. The lowest BCUT2D eigenvalue weighted by molar-refractivity contribution is 0.130. The van der Waals surface area contributed by atoms with Gasteiger partial charge in [-0.2, -0.15) is 5.10 Å². The number of hydrogen-bond donors (Lipinski definition) is 2. The Hall–Kier alpha value is -2.99. The molecule has 3 aromatic rings. The fourth-order valence-electron chi connectivity index (χ4n) is 4.47. The summed E-state index contributed by atoms with van der Waals surface area (Å²) >= 11 is 0. The molecule has 5 rings (SSSR count). The van der Waals surface area contributed by atoms with Gasteiger partial charge in [-0.25, -0.2) is 0 Å². The van der Waals surface area contributed by atoms with Gasteiger partial charge in [-0.15, -0.1) is 0 Å². The summed E-state index contributed by atoms with van der Waals surface area (Å²) in [5, 5.41) is 27.9. The van der Waals surface area contributed by atoms with Crippen LogP contribution in [0.1, 0.15) is 42.9 Å². The highest BCUT2D eigenvalue weighted by Gasteiger charge is 2.29. The molecule has 0 radical (unpaired) electrons. The van der Waals surface area contributed by atoms with E-state index in [-0.39, 0.29) is 12.1 Å². The van der Waals surface area contributed by atoms with E-state index in [1.807, 2.05) is 22.9 Å². The second kappa shape index (κ2) is 6.87. The summed E-state index contributed by atoms with van der Waals surface area (Å²) in [6.07, 6.45) is 9.69. The molecule has 0 unspecified atom stereocenters. The quantitative estimate of drug-likeness (QED) is 0.539. The number of aryl methyl sites for hydroxylation is 1. The third-order valence-corrected chi connectivity index (χ3v) is 5.95. The molecule has 0 bridgehead atoms. The molecular formula is C22H22N4O2. The maximum Gasteiger partial charge on any atom is 0.100 e. The van der Waals surface area contributed by atoms with E-state index in [2.05, 4.69) is 28.5 Å². The molecule has 2 aliphatic rings. The highest BCUT2D eigenvalue weighted by molar-refractivity contribution is 6.04. The van der Waals surface area contributed by atoms with Gasteiger partial charge in [0.15, 0.2) is 0 Å². The number of pyridine rings is 1. The lowest BCUT2D eigenvalue weighted by Gasteiger charge is -2.14. The molecule has 1 fully saturated rings. The van der Waals surface area contributed by atoms with Gasteiger partial charge in [-0.1, -0.05) is 23.4 Å². The lowest BCUT2D eigenvalue weighted by atomic mass is 9.98. The van der Waals surface area contributed by atoms with Crippen LogP contribution < -0.4 is 0 Å². The number of aromatic nitrogens is 3. The molecule has 2 aliphatic carbocycles. The Labute approximate surface area is 163 Å². The minimum Gasteiger partial charge on any atom is -0.411 e. The predicted molar refractivity (Wildman–Crippen MR) is 106 cm³/mol. The number of rotatable bonds is 3. The van der Waals surface area contributed by atoms with Crippen molar-refractivity contribution < 1.29 is 10.3 Å². The molecule has 6 nitrogen and oxygen atoms in total. The molecular weight excluding hydrogens is 352 g/mol. The number of hydrogen-bond acceptors (Lipinski definition) is 5. The SMILES string of the molecule is O/N=C1/CCc2cc(-c3cn([C@@H]4CCC[C@H]4O)nc3-c3ccncc3)ccc21. The zero-order valence-electron chi connectivity index (χ0n) is 15.5. The van der Waals surface area contributed by atoms with E-state index in [1.54, 1.807) is 12.4 Å². The molecule has 0 aliphatic heterocycles. The zero-order valence-corrected chi connectivity index (χ0v) is 15.5. The topological polar surface area (TPSA) is 83.5 Å². The fourth-order valence-corrected chi connectivity index (χ4v) is 4.47. The summed E-state index contributed by atoms with van der Waals surface area (Å²) in [4.78, 5) is 4.12. The van der Waals surface area contributed by atoms with Crippen molar-refractivity contribution in [2.45, 2.75) is 44.2 Å². The third kappa shape index (κ3) is 2.81. The summed E-state index contributed by atoms with van der Waals surface area (Å²) in [5.74, 6) is 0. The van der Waals surface area contributed by atoms with Crippen molar-refractivity contribution >= 4 is 5.71 Å². The Morgan fingerprint density at radius 3 is 2.61 bits per heavy atom. The van der Waals surface area contributed by atoms with Gasteiger partial charge in [0.2, 0.25) is 0 Å². The van der Waals surface area contributed by atoms with Crippen molar-refractivity contribution in [3.05, 3.63) is 60.0 Å². The van der Waals surface area contributed by atoms with Gasteiger partial charge in [-0.3, -0.25) is 9.67 Å². The van der Waals surface area contributed by atoms with Crippen molar-refractivity contribution in [1.29, 1.82) is 0 Å². The van der Waals surface area contributed by atoms with Crippen LogP contribution in [-0.4, -0.2) is 36.9 Å². The molecule has 6 heteroatoms. The summed E-state index contributed by atoms with van der Waals surface area (Å²) in [7, 11) is 0. The molecule has 2 N–H and O–H groups in total. The molecule has 0 saturated heterocycles. The van der Waals surface area contributed by atoms with Crippen molar-refractivity contribution in [2.75, 3.05) is 0 Å². The Bertz CT molecular complexity index is 1040. The van der Waals surface area contributed by atoms with Crippen LogP contribution in [0.4, 0.5) is 0 Å². The first kappa shape index (κ1) is 17.1. The van der Waals surface area contributed by atoms with Gasteiger partial charge in [0.25, 0.3) is 0 Å². The molecule has 28 heavy (non-hydrogen) atoms. The van der Waals surface area contributed by atoms with E-state index in [0.717, 1.165) is 65.8 Å². The maximum atomic E-state index is 10.4. The van der Waals surface area contributed by atoms with Crippen molar-refractivity contribution in [3.63, 3.8) is 0 Å². The molecule has 142 valence electrons. The van der Waals surface area contributed by atoms with Gasteiger partial charge >= 0.3 is 0 Å². The van der Waals surface area contributed by atoms with E-state index in [9.17, 15) is 10.3 Å². The lowest BCUT2D eigenvalue weighted by Crippen LogP contribution is -2.18. The Morgan fingerprint density at radius 1 is 1.00 bits per heavy atom. The van der Waals surface area contributed by atoms with Crippen molar-refractivity contribution in [2.24, 2.45) is 5.16 Å². The van der Waals surface area contributed by atoms with Crippen molar-refractivity contribution in [1.82, 2.24) is 14.8 Å². The number of oxime groups is 1. The van der Waals surface area contributed by atoms with Gasteiger partial charge in [0.1, 0.15) is 5.69 Å². The zero-order chi connectivity index (χ0) is 19.1. The van der Waals surface area contributed by atoms with Crippen LogP contribution in [0.5, 0.6) is 0 Å². The monoisotopic (exact) mass is 374 g/mol. The normalized spacial score (nSPS) is 22.7. The summed E-state index contributed by atoms with van der Waals surface area (Å²) in [6, 6.07) is 10.2. The van der Waals surface area contributed by atoms with Crippen LogP contribution in [0.3, 0.4) is 0 Å². The van der Waals surface area contributed by atoms with E-state index >= 15 is 0 Å². The highest BCUT2D eigenvalue weighted by Crippen LogP contribution is 2.37. The van der Waals surface area contributed by atoms with E-state index in [4.69, 9.17) is 5.10 Å². The van der Waals surface area contributed by atoms with Gasteiger partial charge in [0.05, 0.1) is 17.9 Å². The molecule has 1 aromatic carbocycles. The number of nitrogens with zero attached hydrogens (tertiary/aromatic N) is 4. The Balaban J connectivity index is 1.63.